The molecule has 1 atom stereocenters. The summed E-state index contributed by atoms with van der Waals surface area (Å²) >= 11 is 0. The topological polar surface area (TPSA) is 80.7 Å². The van der Waals surface area contributed by atoms with Crippen molar-refractivity contribution in [2.24, 2.45) is 0 Å². The molecule has 0 radical (unpaired) electrons. The van der Waals surface area contributed by atoms with Crippen molar-refractivity contribution in [2.45, 2.75) is 6.10 Å². The molecule has 1 aliphatic rings. The minimum atomic E-state index is -0.599. The lowest BCUT2D eigenvalue weighted by Crippen LogP contribution is -2.51. The van der Waals surface area contributed by atoms with Gasteiger partial charge in [0.15, 0.2) is 11.5 Å². The van der Waals surface area contributed by atoms with E-state index in [1.54, 1.807) is 17.0 Å². The van der Waals surface area contributed by atoms with Crippen LogP contribution in [0.2, 0.25) is 0 Å². The molecule has 0 aliphatic carbocycles. The van der Waals surface area contributed by atoms with Crippen LogP contribution in [0.3, 0.4) is 0 Å². The second-order valence-electron chi connectivity index (χ2n) is 7.28. The van der Waals surface area contributed by atoms with Crippen molar-refractivity contribution in [1.29, 1.82) is 0 Å². The minimum absolute atomic E-state index is 0.0909. The normalized spacial score (nSPS) is 15.3. The van der Waals surface area contributed by atoms with Crippen molar-refractivity contribution in [1.82, 2.24) is 9.80 Å². The van der Waals surface area contributed by atoms with E-state index in [4.69, 9.17) is 18.9 Å². The van der Waals surface area contributed by atoms with Crippen molar-refractivity contribution in [2.75, 3.05) is 60.7 Å². The van der Waals surface area contributed by atoms with Crippen LogP contribution in [0, 0.1) is 0 Å². The van der Waals surface area contributed by atoms with Gasteiger partial charge < -0.3 is 29.0 Å². The van der Waals surface area contributed by atoms with Gasteiger partial charge in [0.25, 0.3) is 5.91 Å². The van der Waals surface area contributed by atoms with Crippen LogP contribution in [-0.2, 0) is 0 Å². The molecule has 168 valence electrons. The van der Waals surface area contributed by atoms with E-state index < -0.39 is 6.10 Å². The Kier molecular flexibility index (Phi) is 7.97. The summed E-state index contributed by atoms with van der Waals surface area (Å²) in [6.45, 7) is 3.23. The Balaban J connectivity index is 1.52. The van der Waals surface area contributed by atoms with Gasteiger partial charge in [-0.1, -0.05) is 18.2 Å². The molecule has 3 rings (SSSR count). The SMILES string of the molecule is COc1cc(C(=O)N2CCN(C[C@@H](O)COc3ccccc3)CC2)cc(OC)c1OC. The molecule has 1 amide bonds. The summed E-state index contributed by atoms with van der Waals surface area (Å²) < 4.78 is 21.6. The number of aliphatic hydroxyl groups excluding tert-OH is 1. The first-order valence-corrected chi connectivity index (χ1v) is 10.2. The second kappa shape index (κ2) is 10.9. The third kappa shape index (κ3) is 5.80. The van der Waals surface area contributed by atoms with Crippen molar-refractivity contribution in [3.63, 3.8) is 0 Å². The molecule has 31 heavy (non-hydrogen) atoms. The molecular weight excluding hydrogens is 400 g/mol. The fourth-order valence-corrected chi connectivity index (χ4v) is 3.58. The van der Waals surface area contributed by atoms with Gasteiger partial charge in [-0.15, -0.1) is 0 Å². The first-order valence-electron chi connectivity index (χ1n) is 10.2. The van der Waals surface area contributed by atoms with Gasteiger partial charge >= 0.3 is 0 Å². The maximum atomic E-state index is 13.0. The molecule has 2 aromatic rings. The van der Waals surface area contributed by atoms with Gasteiger partial charge in [0.2, 0.25) is 5.75 Å². The van der Waals surface area contributed by atoms with Gasteiger partial charge in [0, 0.05) is 38.3 Å². The molecule has 2 aromatic carbocycles. The fourth-order valence-electron chi connectivity index (χ4n) is 3.58. The third-order valence-corrected chi connectivity index (χ3v) is 5.23. The van der Waals surface area contributed by atoms with Gasteiger partial charge in [-0.25, -0.2) is 0 Å². The lowest BCUT2D eigenvalue weighted by Gasteiger charge is -2.35. The molecule has 1 fully saturated rings. The number of amides is 1. The zero-order valence-corrected chi connectivity index (χ0v) is 18.2. The van der Waals surface area contributed by atoms with Crippen molar-refractivity contribution in [3.05, 3.63) is 48.0 Å². The summed E-state index contributed by atoms with van der Waals surface area (Å²) in [7, 11) is 4.58. The number of para-hydroxylation sites is 1. The zero-order chi connectivity index (χ0) is 22.2. The molecule has 1 N–H and O–H groups in total. The Morgan fingerprint density at radius 1 is 0.968 bits per heavy atom. The van der Waals surface area contributed by atoms with Crippen LogP contribution >= 0.6 is 0 Å². The van der Waals surface area contributed by atoms with E-state index in [2.05, 4.69) is 4.90 Å². The van der Waals surface area contributed by atoms with Crippen LogP contribution in [0.15, 0.2) is 42.5 Å². The molecular formula is C23H30N2O6. The van der Waals surface area contributed by atoms with E-state index >= 15 is 0 Å². The summed E-state index contributed by atoms with van der Waals surface area (Å²) in [6, 6.07) is 12.8. The first-order chi connectivity index (χ1) is 15.0. The number of methoxy groups -OCH3 is 3. The van der Waals surface area contributed by atoms with E-state index in [1.165, 1.54) is 21.3 Å². The molecule has 0 aromatic heterocycles. The number of carbonyl (C=O) groups excluding carboxylic acids is 1. The van der Waals surface area contributed by atoms with Crippen LogP contribution in [0.1, 0.15) is 10.4 Å². The van der Waals surface area contributed by atoms with E-state index in [1.807, 2.05) is 30.3 Å². The number of aliphatic hydroxyl groups is 1. The molecule has 0 saturated carbocycles. The highest BCUT2D eigenvalue weighted by molar-refractivity contribution is 5.95. The van der Waals surface area contributed by atoms with Gasteiger partial charge in [-0.3, -0.25) is 9.69 Å². The number of β-amino-alcohol motifs (C(OH)–C–C–N with tert-alkyl or cyclic N) is 1. The Bertz CT molecular complexity index is 827. The Hall–Kier alpha value is -2.97. The van der Waals surface area contributed by atoms with E-state index in [9.17, 15) is 9.90 Å². The largest absolute Gasteiger partial charge is 0.493 e. The smallest absolute Gasteiger partial charge is 0.254 e. The molecule has 0 unspecified atom stereocenters. The molecule has 1 aliphatic heterocycles. The average molecular weight is 431 g/mol. The highest BCUT2D eigenvalue weighted by Gasteiger charge is 2.25. The number of hydrogen-bond donors (Lipinski definition) is 1. The monoisotopic (exact) mass is 430 g/mol. The van der Waals surface area contributed by atoms with Gasteiger partial charge in [0.1, 0.15) is 18.5 Å². The first kappa shape index (κ1) is 22.7. The average Bonchev–Trinajstić information content (AvgIpc) is 2.82. The third-order valence-electron chi connectivity index (χ3n) is 5.23. The highest BCUT2D eigenvalue weighted by atomic mass is 16.5. The van der Waals surface area contributed by atoms with E-state index in [0.717, 1.165) is 5.75 Å². The molecule has 1 heterocycles. The second-order valence-corrected chi connectivity index (χ2v) is 7.28. The zero-order valence-electron chi connectivity index (χ0n) is 18.2. The number of piperazine rings is 1. The lowest BCUT2D eigenvalue weighted by molar-refractivity contribution is 0.0403. The summed E-state index contributed by atoms with van der Waals surface area (Å²) in [4.78, 5) is 16.9. The van der Waals surface area contributed by atoms with Crippen molar-refractivity contribution < 1.29 is 28.8 Å². The minimum Gasteiger partial charge on any atom is -0.493 e. The van der Waals surface area contributed by atoms with Crippen LogP contribution in [0.5, 0.6) is 23.0 Å². The number of carbonyl (C=O) groups is 1. The van der Waals surface area contributed by atoms with Crippen LogP contribution < -0.4 is 18.9 Å². The van der Waals surface area contributed by atoms with Crippen LogP contribution in [-0.4, -0.2) is 87.6 Å². The predicted octanol–water partition coefficient (Wildman–Crippen LogP) is 1.91. The number of benzene rings is 2. The standard InChI is InChI=1S/C23H30N2O6/c1-28-20-13-17(14-21(29-2)22(20)30-3)23(27)25-11-9-24(10-12-25)15-18(26)16-31-19-7-5-4-6-8-19/h4-8,13-14,18,26H,9-12,15-16H2,1-3H3/t18-/m1/s1. The van der Waals surface area contributed by atoms with Crippen LogP contribution in [0.4, 0.5) is 0 Å². The number of rotatable bonds is 9. The molecule has 0 bridgehead atoms. The van der Waals surface area contributed by atoms with E-state index in [0.29, 0.717) is 55.5 Å². The van der Waals surface area contributed by atoms with Crippen molar-refractivity contribution >= 4 is 5.91 Å². The van der Waals surface area contributed by atoms with Crippen molar-refractivity contribution in [3.8, 4) is 23.0 Å². The maximum absolute atomic E-state index is 13.0. The van der Waals surface area contributed by atoms with Gasteiger partial charge in [-0.05, 0) is 24.3 Å². The van der Waals surface area contributed by atoms with Gasteiger partial charge in [-0.2, -0.15) is 0 Å². The summed E-state index contributed by atoms with van der Waals surface area (Å²) in [5, 5.41) is 10.3. The lowest BCUT2D eigenvalue weighted by atomic mass is 10.1. The van der Waals surface area contributed by atoms with E-state index in [-0.39, 0.29) is 12.5 Å². The Morgan fingerprint density at radius 3 is 2.13 bits per heavy atom. The number of nitrogens with zero attached hydrogens (tertiary/aromatic N) is 2. The van der Waals surface area contributed by atoms with Crippen LogP contribution in [0.25, 0.3) is 0 Å². The highest BCUT2D eigenvalue weighted by Crippen LogP contribution is 2.38. The maximum Gasteiger partial charge on any atom is 0.254 e. The number of ether oxygens (including phenoxy) is 4. The predicted molar refractivity (Wildman–Crippen MR) is 116 cm³/mol. The van der Waals surface area contributed by atoms with Gasteiger partial charge in [0.05, 0.1) is 21.3 Å². The Morgan fingerprint density at radius 2 is 1.58 bits per heavy atom. The molecule has 1 saturated heterocycles. The number of hydrogen-bond acceptors (Lipinski definition) is 7. The Labute approximate surface area is 182 Å². The fraction of sp³-hybridized carbons (Fsp3) is 0.435. The molecule has 8 heteroatoms. The molecule has 0 spiro atoms. The summed E-state index contributed by atoms with van der Waals surface area (Å²) in [6.07, 6.45) is -0.599. The summed E-state index contributed by atoms with van der Waals surface area (Å²) in [5.74, 6) is 2.00. The summed E-state index contributed by atoms with van der Waals surface area (Å²) in [5.41, 5.74) is 0.485. The molecule has 8 nitrogen and oxygen atoms in total. The quantitative estimate of drug-likeness (QED) is 0.651.